The van der Waals surface area contributed by atoms with Crippen molar-refractivity contribution in [2.75, 3.05) is 18.4 Å². The maximum atomic E-state index is 12.8. The van der Waals surface area contributed by atoms with E-state index in [1.54, 1.807) is 0 Å². The Morgan fingerprint density at radius 3 is 2.36 bits per heavy atom. The van der Waals surface area contributed by atoms with Crippen LogP contribution in [0.3, 0.4) is 0 Å². The van der Waals surface area contributed by atoms with Gasteiger partial charge in [0.1, 0.15) is 0 Å². The summed E-state index contributed by atoms with van der Waals surface area (Å²) in [5.41, 5.74) is 10.7. The first kappa shape index (κ1) is 17.6. The number of hydrogen-bond acceptors (Lipinski definition) is 3. The van der Waals surface area contributed by atoms with E-state index >= 15 is 0 Å². The lowest BCUT2D eigenvalue weighted by molar-refractivity contribution is -0.120. The molecule has 1 saturated heterocycles. The minimum Gasteiger partial charge on any atom is -0.326 e. The van der Waals surface area contributed by atoms with Crippen molar-refractivity contribution in [2.24, 2.45) is 5.73 Å². The van der Waals surface area contributed by atoms with Gasteiger partial charge in [0, 0.05) is 30.7 Å². The summed E-state index contributed by atoms with van der Waals surface area (Å²) in [7, 11) is 0. The topological polar surface area (TPSA) is 58.4 Å². The lowest BCUT2D eigenvalue weighted by atomic mass is 9.95. The third kappa shape index (κ3) is 3.75. The Morgan fingerprint density at radius 2 is 1.72 bits per heavy atom. The predicted molar refractivity (Wildman–Crippen MR) is 103 cm³/mol. The number of anilines is 1. The number of amides is 1. The molecule has 0 radical (unpaired) electrons. The first-order valence-electron chi connectivity index (χ1n) is 8.89. The van der Waals surface area contributed by atoms with Gasteiger partial charge in [0.25, 0.3) is 0 Å². The lowest BCUT2D eigenvalue weighted by Gasteiger charge is -2.24. The number of nitrogens with zero attached hydrogens (tertiary/aromatic N) is 1. The Balaban J connectivity index is 1.69. The van der Waals surface area contributed by atoms with Crippen molar-refractivity contribution in [3.63, 3.8) is 0 Å². The predicted octanol–water partition coefficient (Wildman–Crippen LogP) is 3.06. The van der Waals surface area contributed by atoms with E-state index in [1.165, 1.54) is 5.56 Å². The largest absolute Gasteiger partial charge is 0.326 e. The van der Waals surface area contributed by atoms with E-state index in [-0.39, 0.29) is 23.9 Å². The first-order chi connectivity index (χ1) is 12.0. The highest BCUT2D eigenvalue weighted by molar-refractivity contribution is 5.95. The molecule has 1 heterocycles. The second-order valence-corrected chi connectivity index (χ2v) is 7.07. The molecule has 1 unspecified atom stereocenters. The van der Waals surface area contributed by atoms with Crippen molar-refractivity contribution in [2.45, 2.75) is 38.8 Å². The van der Waals surface area contributed by atoms with Crippen LogP contribution in [0.2, 0.25) is 0 Å². The fourth-order valence-corrected chi connectivity index (χ4v) is 3.63. The van der Waals surface area contributed by atoms with Crippen LogP contribution in [0.1, 0.15) is 29.5 Å². The van der Waals surface area contributed by atoms with Crippen molar-refractivity contribution in [3.8, 4) is 0 Å². The average Bonchev–Trinajstić information content (AvgIpc) is 3.00. The van der Waals surface area contributed by atoms with Crippen molar-refractivity contribution in [3.05, 3.63) is 65.2 Å². The number of likely N-dealkylation sites (tertiary alicyclic amines) is 1. The quantitative estimate of drug-likeness (QED) is 0.901. The van der Waals surface area contributed by atoms with E-state index < -0.39 is 0 Å². The Kier molecular flexibility index (Phi) is 5.21. The van der Waals surface area contributed by atoms with Crippen LogP contribution in [0.15, 0.2) is 48.5 Å². The van der Waals surface area contributed by atoms with Crippen LogP contribution in [0.5, 0.6) is 0 Å². The molecule has 2 aromatic rings. The molecule has 0 aromatic heterocycles. The second-order valence-electron chi connectivity index (χ2n) is 7.07. The number of nitrogens with one attached hydrogen (secondary N) is 1. The molecule has 0 saturated carbocycles. The van der Waals surface area contributed by atoms with Gasteiger partial charge in [0.05, 0.1) is 6.04 Å². The number of aryl methyl sites for hydroxylation is 2. The standard InChI is InChI=1S/C21H27N3O/c1-14-8-7-9-15(2)20(14)23-21(25)16(3)24-12-18(19(22)13-24)17-10-5-4-6-11-17/h4-11,16,18-19H,12-13,22H2,1-3H3,(H,23,25)/t16?,18-,19+/m0/s1. The molecule has 0 aliphatic carbocycles. The van der Waals surface area contributed by atoms with E-state index in [0.717, 1.165) is 29.9 Å². The minimum absolute atomic E-state index is 0.0262. The summed E-state index contributed by atoms with van der Waals surface area (Å²) in [6, 6.07) is 16.2. The van der Waals surface area contributed by atoms with Crippen molar-refractivity contribution in [1.82, 2.24) is 4.90 Å². The van der Waals surface area contributed by atoms with E-state index in [4.69, 9.17) is 5.73 Å². The normalized spacial score (nSPS) is 21.9. The van der Waals surface area contributed by atoms with Crippen LogP contribution < -0.4 is 11.1 Å². The minimum atomic E-state index is -0.209. The van der Waals surface area contributed by atoms with Gasteiger partial charge >= 0.3 is 0 Å². The molecule has 2 aromatic carbocycles. The van der Waals surface area contributed by atoms with E-state index in [0.29, 0.717) is 0 Å². The Morgan fingerprint density at radius 1 is 1.08 bits per heavy atom. The number of carbonyl (C=O) groups is 1. The average molecular weight is 337 g/mol. The molecule has 3 atom stereocenters. The van der Waals surface area contributed by atoms with Gasteiger partial charge in [-0.25, -0.2) is 0 Å². The van der Waals surface area contributed by atoms with Crippen molar-refractivity contribution in [1.29, 1.82) is 0 Å². The molecular formula is C21H27N3O. The van der Waals surface area contributed by atoms with Crippen molar-refractivity contribution >= 4 is 11.6 Å². The van der Waals surface area contributed by atoms with E-state index in [1.807, 2.05) is 57.2 Å². The molecule has 1 aliphatic heterocycles. The molecule has 1 aliphatic rings. The number of rotatable bonds is 4. The Labute approximate surface area is 150 Å². The zero-order valence-corrected chi connectivity index (χ0v) is 15.2. The highest BCUT2D eigenvalue weighted by Gasteiger charge is 2.35. The monoisotopic (exact) mass is 337 g/mol. The van der Waals surface area contributed by atoms with Crippen LogP contribution in [-0.2, 0) is 4.79 Å². The number of nitrogens with two attached hydrogens (primary N) is 1. The van der Waals surface area contributed by atoms with Crippen LogP contribution in [-0.4, -0.2) is 36.0 Å². The molecule has 132 valence electrons. The van der Waals surface area contributed by atoms with Gasteiger partial charge in [-0.3, -0.25) is 9.69 Å². The van der Waals surface area contributed by atoms with Crippen molar-refractivity contribution < 1.29 is 4.79 Å². The number of hydrogen-bond donors (Lipinski definition) is 2. The van der Waals surface area contributed by atoms with Gasteiger partial charge < -0.3 is 11.1 Å². The molecular weight excluding hydrogens is 310 g/mol. The zero-order chi connectivity index (χ0) is 18.0. The molecule has 0 spiro atoms. The van der Waals surface area contributed by atoms with E-state index in [2.05, 4.69) is 22.3 Å². The van der Waals surface area contributed by atoms with Crippen LogP contribution >= 0.6 is 0 Å². The molecule has 4 nitrogen and oxygen atoms in total. The summed E-state index contributed by atoms with van der Waals surface area (Å²) < 4.78 is 0. The Hall–Kier alpha value is -2.17. The van der Waals surface area contributed by atoms with Gasteiger partial charge in [-0.1, -0.05) is 48.5 Å². The fraction of sp³-hybridized carbons (Fsp3) is 0.381. The number of carbonyl (C=O) groups excluding carboxylic acids is 1. The summed E-state index contributed by atoms with van der Waals surface area (Å²) in [5.74, 6) is 0.301. The third-order valence-electron chi connectivity index (χ3n) is 5.28. The number of para-hydroxylation sites is 1. The van der Waals surface area contributed by atoms with Gasteiger partial charge in [0.15, 0.2) is 0 Å². The van der Waals surface area contributed by atoms with Gasteiger partial charge in [-0.05, 0) is 37.5 Å². The van der Waals surface area contributed by atoms with Gasteiger partial charge in [-0.15, -0.1) is 0 Å². The SMILES string of the molecule is Cc1cccc(C)c1NC(=O)C(C)N1C[C@@H](N)[C@H](c2ccccc2)C1. The molecule has 3 N–H and O–H groups in total. The number of benzene rings is 2. The van der Waals surface area contributed by atoms with E-state index in [9.17, 15) is 4.79 Å². The Bertz CT molecular complexity index is 724. The smallest absolute Gasteiger partial charge is 0.241 e. The van der Waals surface area contributed by atoms with Gasteiger partial charge in [-0.2, -0.15) is 0 Å². The first-order valence-corrected chi connectivity index (χ1v) is 8.89. The summed E-state index contributed by atoms with van der Waals surface area (Å²) >= 11 is 0. The van der Waals surface area contributed by atoms with Crippen LogP contribution in [0.25, 0.3) is 0 Å². The second kappa shape index (κ2) is 7.38. The maximum absolute atomic E-state index is 12.8. The maximum Gasteiger partial charge on any atom is 0.241 e. The van der Waals surface area contributed by atoms with Crippen LogP contribution in [0.4, 0.5) is 5.69 Å². The fourth-order valence-electron chi connectivity index (χ4n) is 3.63. The van der Waals surface area contributed by atoms with Gasteiger partial charge in [0.2, 0.25) is 5.91 Å². The molecule has 4 heteroatoms. The third-order valence-corrected chi connectivity index (χ3v) is 5.28. The molecule has 1 amide bonds. The van der Waals surface area contributed by atoms with Crippen LogP contribution in [0, 0.1) is 13.8 Å². The highest BCUT2D eigenvalue weighted by Crippen LogP contribution is 2.28. The highest BCUT2D eigenvalue weighted by atomic mass is 16.2. The lowest BCUT2D eigenvalue weighted by Crippen LogP contribution is -2.42. The molecule has 25 heavy (non-hydrogen) atoms. The molecule has 1 fully saturated rings. The zero-order valence-electron chi connectivity index (χ0n) is 15.2. The summed E-state index contributed by atoms with van der Waals surface area (Å²) in [4.78, 5) is 14.9. The summed E-state index contributed by atoms with van der Waals surface area (Å²) in [6.07, 6.45) is 0. The summed E-state index contributed by atoms with van der Waals surface area (Å²) in [5, 5.41) is 3.10. The molecule has 0 bridgehead atoms. The summed E-state index contributed by atoms with van der Waals surface area (Å²) in [6.45, 7) is 7.55. The molecule has 3 rings (SSSR count).